The van der Waals surface area contributed by atoms with Crippen LogP contribution in [0.25, 0.3) is 0 Å². The van der Waals surface area contributed by atoms with Crippen LogP contribution >= 0.6 is 15.9 Å². The van der Waals surface area contributed by atoms with Gasteiger partial charge in [0.05, 0.1) is 9.89 Å². The second-order valence-electron chi connectivity index (χ2n) is 5.68. The molecular weight excluding hydrogens is 341 g/mol. The molecule has 0 saturated heterocycles. The van der Waals surface area contributed by atoms with Gasteiger partial charge in [0, 0.05) is 12.1 Å². The van der Waals surface area contributed by atoms with Gasteiger partial charge in [-0.3, -0.25) is 9.59 Å². The predicted octanol–water partition coefficient (Wildman–Crippen LogP) is 3.97. The van der Waals surface area contributed by atoms with Gasteiger partial charge >= 0.3 is 5.97 Å². The summed E-state index contributed by atoms with van der Waals surface area (Å²) < 4.78 is 13.8. The normalized spacial score (nSPS) is 13.9. The third kappa shape index (κ3) is 4.03. The number of amides is 1. The number of carbonyl (C=O) groups excluding carboxylic acids is 1. The molecule has 4 nitrogen and oxygen atoms in total. The van der Waals surface area contributed by atoms with Gasteiger partial charge in [-0.25, -0.2) is 4.39 Å². The first-order chi connectivity index (χ1) is 9.57. The molecule has 1 unspecified atom stereocenters. The maximum Gasteiger partial charge on any atom is 0.310 e. The fourth-order valence-corrected chi connectivity index (χ4v) is 2.29. The molecule has 0 aliphatic rings. The molecule has 0 heterocycles. The summed E-state index contributed by atoms with van der Waals surface area (Å²) in [6.07, 6.45) is -0.170. The van der Waals surface area contributed by atoms with E-state index in [4.69, 9.17) is 0 Å². The maximum atomic E-state index is 13.5. The summed E-state index contributed by atoms with van der Waals surface area (Å²) in [6, 6.07) is 2.77. The molecule has 21 heavy (non-hydrogen) atoms. The molecule has 0 spiro atoms. The standard InChI is InChI=1S/C15H19BrFNO3/c1-8(2)15(4,14(20)21)7-13(19)18-12-6-11(17)10(16)5-9(12)3/h5-6,8H,7H2,1-4H3,(H,18,19)(H,20,21). The van der Waals surface area contributed by atoms with Crippen molar-refractivity contribution in [3.63, 3.8) is 0 Å². The summed E-state index contributed by atoms with van der Waals surface area (Å²) in [6.45, 7) is 6.78. The summed E-state index contributed by atoms with van der Waals surface area (Å²) in [5.41, 5.74) is -0.123. The molecule has 1 atom stereocenters. The lowest BCUT2D eigenvalue weighted by molar-refractivity contribution is -0.153. The minimum Gasteiger partial charge on any atom is -0.481 e. The molecule has 0 aliphatic carbocycles. The van der Waals surface area contributed by atoms with Crippen LogP contribution in [0.5, 0.6) is 0 Å². The first-order valence-electron chi connectivity index (χ1n) is 6.57. The van der Waals surface area contributed by atoms with Gasteiger partial charge in [0.1, 0.15) is 5.82 Å². The Morgan fingerprint density at radius 2 is 2.00 bits per heavy atom. The highest BCUT2D eigenvalue weighted by Gasteiger charge is 2.38. The number of rotatable bonds is 5. The monoisotopic (exact) mass is 359 g/mol. The van der Waals surface area contributed by atoms with Crippen LogP contribution in [-0.4, -0.2) is 17.0 Å². The van der Waals surface area contributed by atoms with Crippen LogP contribution in [0.15, 0.2) is 16.6 Å². The second kappa shape index (κ2) is 6.56. The summed E-state index contributed by atoms with van der Waals surface area (Å²) in [7, 11) is 0. The first-order valence-corrected chi connectivity index (χ1v) is 7.36. The Kier molecular flexibility index (Phi) is 5.50. The molecule has 0 aliphatic heterocycles. The third-order valence-corrected chi connectivity index (χ3v) is 4.44. The lowest BCUT2D eigenvalue weighted by atomic mass is 9.76. The lowest BCUT2D eigenvalue weighted by Gasteiger charge is -2.28. The third-order valence-electron chi connectivity index (χ3n) is 3.83. The number of aliphatic carboxylic acids is 1. The Hall–Kier alpha value is -1.43. The van der Waals surface area contributed by atoms with Crippen molar-refractivity contribution in [3.8, 4) is 0 Å². The number of aryl methyl sites for hydroxylation is 1. The fraction of sp³-hybridized carbons (Fsp3) is 0.467. The average Bonchev–Trinajstić information content (AvgIpc) is 2.35. The SMILES string of the molecule is Cc1cc(Br)c(F)cc1NC(=O)CC(C)(C(=O)O)C(C)C. The molecule has 0 aromatic heterocycles. The van der Waals surface area contributed by atoms with Crippen LogP contribution in [0.3, 0.4) is 0 Å². The summed E-state index contributed by atoms with van der Waals surface area (Å²) >= 11 is 3.07. The van der Waals surface area contributed by atoms with E-state index < -0.39 is 23.1 Å². The van der Waals surface area contributed by atoms with Crippen LogP contribution < -0.4 is 5.32 Å². The zero-order chi connectivity index (χ0) is 16.4. The van der Waals surface area contributed by atoms with Crippen LogP contribution in [0.2, 0.25) is 0 Å². The van der Waals surface area contributed by atoms with Crippen molar-refractivity contribution in [2.24, 2.45) is 11.3 Å². The van der Waals surface area contributed by atoms with Crippen molar-refractivity contribution in [1.82, 2.24) is 0 Å². The zero-order valence-electron chi connectivity index (χ0n) is 12.5. The molecule has 0 radical (unpaired) electrons. The molecule has 1 aromatic carbocycles. The quantitative estimate of drug-likeness (QED) is 0.835. The van der Waals surface area contributed by atoms with E-state index in [0.29, 0.717) is 15.7 Å². The Bertz CT molecular complexity index is 574. The maximum absolute atomic E-state index is 13.5. The minimum atomic E-state index is -1.16. The van der Waals surface area contributed by atoms with Gasteiger partial charge in [-0.2, -0.15) is 0 Å². The van der Waals surface area contributed by atoms with E-state index in [-0.39, 0.29) is 12.3 Å². The molecule has 0 bridgehead atoms. The fourth-order valence-electron chi connectivity index (χ4n) is 1.84. The van der Waals surface area contributed by atoms with Crippen LogP contribution in [-0.2, 0) is 9.59 Å². The van der Waals surface area contributed by atoms with Gasteiger partial charge in [0.25, 0.3) is 0 Å². The zero-order valence-corrected chi connectivity index (χ0v) is 14.0. The van der Waals surface area contributed by atoms with Crippen molar-refractivity contribution < 1.29 is 19.1 Å². The average molecular weight is 360 g/mol. The van der Waals surface area contributed by atoms with Crippen LogP contribution in [0.4, 0.5) is 10.1 Å². The Labute approximate surface area is 131 Å². The molecular formula is C15H19BrFNO3. The predicted molar refractivity (Wildman–Crippen MR) is 82.7 cm³/mol. The van der Waals surface area contributed by atoms with Crippen LogP contribution in [0, 0.1) is 24.1 Å². The van der Waals surface area contributed by atoms with Gasteiger partial charge in [-0.05, 0) is 53.4 Å². The first kappa shape index (κ1) is 17.6. The molecule has 116 valence electrons. The summed E-state index contributed by atoms with van der Waals surface area (Å²) in [5, 5.41) is 11.9. The number of carboxylic acids is 1. The number of carboxylic acid groups (broad SMARTS) is 1. The molecule has 2 N–H and O–H groups in total. The minimum absolute atomic E-state index is 0.170. The largest absolute Gasteiger partial charge is 0.481 e. The number of nitrogens with one attached hydrogen (secondary N) is 1. The van der Waals surface area contributed by atoms with Crippen molar-refractivity contribution in [2.45, 2.75) is 34.1 Å². The Balaban J connectivity index is 2.92. The topological polar surface area (TPSA) is 66.4 Å². The van der Waals surface area contributed by atoms with E-state index in [9.17, 15) is 19.1 Å². The molecule has 0 saturated carbocycles. The highest BCUT2D eigenvalue weighted by atomic mass is 79.9. The number of benzene rings is 1. The smallest absolute Gasteiger partial charge is 0.310 e. The lowest BCUT2D eigenvalue weighted by Crippen LogP contribution is -2.37. The number of hydrogen-bond donors (Lipinski definition) is 2. The van der Waals surface area contributed by atoms with Crippen molar-refractivity contribution in [3.05, 3.63) is 28.0 Å². The second-order valence-corrected chi connectivity index (χ2v) is 6.54. The van der Waals surface area contributed by atoms with Crippen molar-refractivity contribution >= 4 is 33.5 Å². The highest BCUT2D eigenvalue weighted by molar-refractivity contribution is 9.10. The van der Waals surface area contributed by atoms with E-state index in [1.54, 1.807) is 26.8 Å². The van der Waals surface area contributed by atoms with Crippen molar-refractivity contribution in [1.29, 1.82) is 0 Å². The van der Waals surface area contributed by atoms with E-state index in [0.717, 1.165) is 0 Å². The van der Waals surface area contributed by atoms with Gasteiger partial charge in [0.15, 0.2) is 0 Å². The number of halogens is 2. The molecule has 1 amide bonds. The van der Waals surface area contributed by atoms with E-state index in [2.05, 4.69) is 21.2 Å². The van der Waals surface area contributed by atoms with E-state index in [1.807, 2.05) is 0 Å². The van der Waals surface area contributed by atoms with Gasteiger partial charge < -0.3 is 10.4 Å². The van der Waals surface area contributed by atoms with E-state index in [1.165, 1.54) is 13.0 Å². The molecule has 1 rings (SSSR count). The molecule has 6 heteroatoms. The number of anilines is 1. The molecule has 0 fully saturated rings. The summed E-state index contributed by atoms with van der Waals surface area (Å²) in [4.78, 5) is 23.4. The summed E-state index contributed by atoms with van der Waals surface area (Å²) in [5.74, 6) is -2.16. The van der Waals surface area contributed by atoms with Gasteiger partial charge in [-0.15, -0.1) is 0 Å². The molecule has 1 aromatic rings. The van der Waals surface area contributed by atoms with Gasteiger partial charge in [-0.1, -0.05) is 13.8 Å². The van der Waals surface area contributed by atoms with E-state index >= 15 is 0 Å². The highest BCUT2D eigenvalue weighted by Crippen LogP contribution is 2.32. The number of hydrogen-bond acceptors (Lipinski definition) is 2. The number of carbonyl (C=O) groups is 2. The Morgan fingerprint density at radius 3 is 2.48 bits per heavy atom. The van der Waals surface area contributed by atoms with Gasteiger partial charge in [0.2, 0.25) is 5.91 Å². The van der Waals surface area contributed by atoms with Crippen molar-refractivity contribution in [2.75, 3.05) is 5.32 Å². The van der Waals surface area contributed by atoms with Crippen LogP contribution in [0.1, 0.15) is 32.8 Å². The Morgan fingerprint density at radius 1 is 1.43 bits per heavy atom.